The number of nitrogens with zero attached hydrogens (tertiary/aromatic N) is 3. The Hall–Kier alpha value is -2.28. The highest BCUT2D eigenvalue weighted by Crippen LogP contribution is 2.45. The van der Waals surface area contributed by atoms with Crippen molar-refractivity contribution in [3.63, 3.8) is 0 Å². The van der Waals surface area contributed by atoms with Crippen LogP contribution in [0.5, 0.6) is 0 Å². The van der Waals surface area contributed by atoms with E-state index in [1.54, 1.807) is 30.9 Å². The average Bonchev–Trinajstić information content (AvgIpc) is 3.00. The molecular weight excluding hydrogens is 312 g/mol. The minimum Gasteiger partial charge on any atom is -0.313 e. The van der Waals surface area contributed by atoms with Gasteiger partial charge < -0.3 is 10.2 Å². The number of amides is 2. The molecule has 0 aliphatic carbocycles. The van der Waals surface area contributed by atoms with Crippen LogP contribution in [0, 0.1) is 0 Å². The number of hydrogen-bond acceptors (Lipinski definition) is 4. The fraction of sp³-hybridized carbons (Fsp3) is 0.312. The Bertz CT molecular complexity index is 773. The fourth-order valence-electron chi connectivity index (χ4n) is 2.50. The number of rotatable bonds is 3. The Morgan fingerprint density at radius 3 is 2.78 bits per heavy atom. The van der Waals surface area contributed by atoms with Crippen molar-refractivity contribution in [2.75, 3.05) is 17.3 Å². The zero-order chi connectivity index (χ0) is 16.6. The summed E-state index contributed by atoms with van der Waals surface area (Å²) in [6.45, 7) is 4.34. The van der Waals surface area contributed by atoms with E-state index in [-0.39, 0.29) is 11.8 Å². The van der Waals surface area contributed by atoms with Gasteiger partial charge in [-0.15, -0.1) is 0 Å². The first-order valence-electron chi connectivity index (χ1n) is 7.37. The Morgan fingerprint density at radius 1 is 1.35 bits per heavy atom. The van der Waals surface area contributed by atoms with Crippen LogP contribution >= 0.6 is 11.8 Å². The second kappa shape index (κ2) is 5.73. The molecule has 120 valence electrons. The Labute approximate surface area is 138 Å². The zero-order valence-corrected chi connectivity index (χ0v) is 14.1. The number of para-hydroxylation sites is 1. The number of hydrogen-bond donors (Lipinski definition) is 1. The molecule has 6 nitrogen and oxygen atoms in total. The van der Waals surface area contributed by atoms with Crippen LogP contribution in [-0.2, 0) is 16.1 Å². The SMILES string of the molecule is CCn1ccc(NC(=O)C2(C)Sc3ccccc3N(C)C2=O)n1. The van der Waals surface area contributed by atoms with E-state index in [0.29, 0.717) is 5.82 Å². The molecule has 0 spiro atoms. The Morgan fingerprint density at radius 2 is 2.09 bits per heavy atom. The largest absolute Gasteiger partial charge is 0.313 e. The van der Waals surface area contributed by atoms with Crippen molar-refractivity contribution >= 4 is 35.1 Å². The molecule has 1 N–H and O–H groups in total. The summed E-state index contributed by atoms with van der Waals surface area (Å²) in [6.07, 6.45) is 1.79. The van der Waals surface area contributed by atoms with Gasteiger partial charge in [-0.25, -0.2) is 0 Å². The number of nitrogens with one attached hydrogen (secondary N) is 1. The number of anilines is 2. The van der Waals surface area contributed by atoms with Crippen LogP contribution in [-0.4, -0.2) is 33.4 Å². The lowest BCUT2D eigenvalue weighted by Gasteiger charge is -2.36. The molecule has 1 aromatic heterocycles. The normalized spacial score (nSPS) is 20.3. The highest BCUT2D eigenvalue weighted by atomic mass is 32.2. The van der Waals surface area contributed by atoms with Gasteiger partial charge in [0, 0.05) is 30.8 Å². The summed E-state index contributed by atoms with van der Waals surface area (Å²) in [5.41, 5.74) is 0.822. The molecule has 1 aliphatic rings. The lowest BCUT2D eigenvalue weighted by Crippen LogP contribution is -2.53. The lowest BCUT2D eigenvalue weighted by molar-refractivity contribution is -0.128. The van der Waals surface area contributed by atoms with Crippen LogP contribution in [0.3, 0.4) is 0 Å². The van der Waals surface area contributed by atoms with Crippen molar-refractivity contribution in [1.82, 2.24) is 9.78 Å². The first kappa shape index (κ1) is 15.6. The summed E-state index contributed by atoms with van der Waals surface area (Å²) < 4.78 is 0.494. The first-order valence-corrected chi connectivity index (χ1v) is 8.18. The van der Waals surface area contributed by atoms with Gasteiger partial charge in [0.2, 0.25) is 0 Å². The molecule has 3 rings (SSSR count). The first-order chi connectivity index (χ1) is 11.0. The third-order valence-corrected chi connectivity index (χ3v) is 5.23. The highest BCUT2D eigenvalue weighted by molar-refractivity contribution is 8.02. The predicted molar refractivity (Wildman–Crippen MR) is 90.6 cm³/mol. The molecule has 7 heteroatoms. The van der Waals surface area contributed by atoms with E-state index >= 15 is 0 Å². The molecule has 0 bridgehead atoms. The minimum atomic E-state index is -1.22. The molecule has 23 heavy (non-hydrogen) atoms. The van der Waals surface area contributed by atoms with Crippen LogP contribution in [0.4, 0.5) is 11.5 Å². The van der Waals surface area contributed by atoms with Gasteiger partial charge >= 0.3 is 0 Å². The van der Waals surface area contributed by atoms with Gasteiger partial charge in [-0.1, -0.05) is 23.9 Å². The van der Waals surface area contributed by atoms with E-state index in [2.05, 4.69) is 10.4 Å². The Balaban J connectivity index is 1.88. The average molecular weight is 330 g/mol. The molecule has 1 unspecified atom stereocenters. The maximum absolute atomic E-state index is 12.7. The Kier molecular flexibility index (Phi) is 3.89. The third kappa shape index (κ3) is 2.61. The van der Waals surface area contributed by atoms with Gasteiger partial charge in [0.15, 0.2) is 10.6 Å². The van der Waals surface area contributed by atoms with Crippen molar-refractivity contribution in [2.45, 2.75) is 30.0 Å². The minimum absolute atomic E-state index is 0.242. The molecular formula is C16H18N4O2S. The standard InChI is InChI=1S/C16H18N4O2S/c1-4-20-10-9-13(18-20)17-14(21)16(2)15(22)19(3)11-7-5-6-8-12(11)23-16/h5-10H,4H2,1-3H3,(H,17,18,21). The number of benzene rings is 1. The number of aromatic nitrogens is 2. The molecule has 0 saturated heterocycles. The second-order valence-electron chi connectivity index (χ2n) is 5.48. The van der Waals surface area contributed by atoms with E-state index in [0.717, 1.165) is 17.1 Å². The predicted octanol–water partition coefficient (Wildman–Crippen LogP) is 2.37. The highest BCUT2D eigenvalue weighted by Gasteiger charge is 2.48. The molecule has 0 saturated carbocycles. The summed E-state index contributed by atoms with van der Waals surface area (Å²) in [6, 6.07) is 9.29. The lowest BCUT2D eigenvalue weighted by atomic mass is 10.1. The summed E-state index contributed by atoms with van der Waals surface area (Å²) in [5, 5.41) is 6.98. The number of fused-ring (bicyclic) bond motifs is 1. The smallest absolute Gasteiger partial charge is 0.252 e. The molecule has 1 aromatic carbocycles. The van der Waals surface area contributed by atoms with Gasteiger partial charge in [-0.05, 0) is 26.0 Å². The van der Waals surface area contributed by atoms with Crippen LogP contribution in [0.2, 0.25) is 0 Å². The molecule has 2 amide bonds. The van der Waals surface area contributed by atoms with E-state index in [1.807, 2.05) is 31.2 Å². The number of aryl methyl sites for hydroxylation is 1. The number of carbonyl (C=O) groups is 2. The summed E-state index contributed by atoms with van der Waals surface area (Å²) in [5.74, 6) is -0.156. The maximum Gasteiger partial charge on any atom is 0.252 e. The monoisotopic (exact) mass is 330 g/mol. The molecule has 0 fully saturated rings. The zero-order valence-electron chi connectivity index (χ0n) is 13.2. The second-order valence-corrected chi connectivity index (χ2v) is 6.94. The van der Waals surface area contributed by atoms with E-state index in [9.17, 15) is 9.59 Å². The van der Waals surface area contributed by atoms with E-state index in [1.165, 1.54) is 16.7 Å². The molecule has 2 aromatic rings. The van der Waals surface area contributed by atoms with Crippen molar-refractivity contribution in [2.24, 2.45) is 0 Å². The van der Waals surface area contributed by atoms with Crippen LogP contribution in [0.15, 0.2) is 41.4 Å². The van der Waals surface area contributed by atoms with Crippen molar-refractivity contribution in [1.29, 1.82) is 0 Å². The van der Waals surface area contributed by atoms with Gasteiger partial charge in [0.1, 0.15) is 0 Å². The molecule has 1 atom stereocenters. The molecule has 2 heterocycles. The summed E-state index contributed by atoms with van der Waals surface area (Å²) in [4.78, 5) is 27.9. The summed E-state index contributed by atoms with van der Waals surface area (Å²) >= 11 is 1.27. The fourth-order valence-corrected chi connectivity index (χ4v) is 3.76. The van der Waals surface area contributed by atoms with Crippen LogP contribution < -0.4 is 10.2 Å². The molecule has 1 aliphatic heterocycles. The molecule has 0 radical (unpaired) electrons. The summed E-state index contributed by atoms with van der Waals surface area (Å²) in [7, 11) is 1.69. The van der Waals surface area contributed by atoms with Gasteiger partial charge in [-0.3, -0.25) is 14.3 Å². The van der Waals surface area contributed by atoms with Crippen LogP contribution in [0.1, 0.15) is 13.8 Å². The number of thioether (sulfide) groups is 1. The maximum atomic E-state index is 12.7. The van der Waals surface area contributed by atoms with E-state index in [4.69, 9.17) is 0 Å². The number of carbonyl (C=O) groups excluding carboxylic acids is 2. The van der Waals surface area contributed by atoms with Gasteiger partial charge in [-0.2, -0.15) is 5.10 Å². The topological polar surface area (TPSA) is 67.2 Å². The van der Waals surface area contributed by atoms with Crippen molar-refractivity contribution < 1.29 is 9.59 Å². The third-order valence-electron chi connectivity index (χ3n) is 3.89. The van der Waals surface area contributed by atoms with Crippen LogP contribution in [0.25, 0.3) is 0 Å². The quantitative estimate of drug-likeness (QED) is 0.878. The van der Waals surface area contributed by atoms with E-state index < -0.39 is 4.75 Å². The van der Waals surface area contributed by atoms with Crippen molar-refractivity contribution in [3.05, 3.63) is 36.5 Å². The van der Waals surface area contributed by atoms with Crippen molar-refractivity contribution in [3.8, 4) is 0 Å². The van der Waals surface area contributed by atoms with Gasteiger partial charge in [0.05, 0.1) is 5.69 Å². The van der Waals surface area contributed by atoms with Gasteiger partial charge in [0.25, 0.3) is 11.8 Å².